The van der Waals surface area contributed by atoms with Crippen molar-refractivity contribution in [3.05, 3.63) is 6.33 Å². The number of nitrogens with zero attached hydrogens (tertiary/aromatic N) is 3. The van der Waals surface area contributed by atoms with E-state index in [9.17, 15) is 9.59 Å². The Morgan fingerprint density at radius 3 is 2.84 bits per heavy atom. The first kappa shape index (κ1) is 12.1. The summed E-state index contributed by atoms with van der Waals surface area (Å²) in [5.74, 6) is 0.551. The van der Waals surface area contributed by atoms with Gasteiger partial charge in [-0.2, -0.15) is 10.1 Å². The van der Waals surface area contributed by atoms with E-state index < -0.39 is 0 Å². The van der Waals surface area contributed by atoms with Crippen LogP contribution in [0.4, 0.5) is 5.95 Å². The Morgan fingerprint density at radius 2 is 2.16 bits per heavy atom. The molecule has 2 fully saturated rings. The van der Waals surface area contributed by atoms with Gasteiger partial charge < -0.3 is 4.90 Å². The van der Waals surface area contributed by atoms with Crippen LogP contribution in [0.1, 0.15) is 25.7 Å². The molecule has 2 aliphatic rings. The molecule has 1 unspecified atom stereocenters. The Kier molecular flexibility index (Phi) is 3.18. The zero-order valence-corrected chi connectivity index (χ0v) is 10.6. The average Bonchev–Trinajstić information content (AvgIpc) is 3.17. The summed E-state index contributed by atoms with van der Waals surface area (Å²) >= 11 is 0. The Morgan fingerprint density at radius 1 is 1.32 bits per heavy atom. The standard InChI is InChI=1S/C12H17N5O2/c18-10(15-12-13-7-14-16-12)9-2-1-5-17(6-9)11(19)8-3-4-8/h7-9H,1-6H2,(H2,13,14,15,16,18). The van der Waals surface area contributed by atoms with Crippen LogP contribution in [0.3, 0.4) is 0 Å². The van der Waals surface area contributed by atoms with Crippen molar-refractivity contribution in [2.75, 3.05) is 18.4 Å². The number of carbonyl (C=O) groups excluding carboxylic acids is 2. The van der Waals surface area contributed by atoms with Gasteiger partial charge in [0.15, 0.2) is 0 Å². The van der Waals surface area contributed by atoms with Gasteiger partial charge in [0.25, 0.3) is 0 Å². The molecule has 2 amide bonds. The minimum absolute atomic E-state index is 0.0925. The van der Waals surface area contributed by atoms with Crippen LogP contribution >= 0.6 is 0 Å². The molecule has 102 valence electrons. The number of aromatic nitrogens is 3. The fourth-order valence-electron chi connectivity index (χ4n) is 2.46. The van der Waals surface area contributed by atoms with Gasteiger partial charge in [-0.25, -0.2) is 5.10 Å². The molecule has 2 heterocycles. The summed E-state index contributed by atoms with van der Waals surface area (Å²) in [6.45, 7) is 1.30. The highest BCUT2D eigenvalue weighted by Crippen LogP contribution is 2.32. The Balaban J connectivity index is 1.58. The summed E-state index contributed by atoms with van der Waals surface area (Å²) < 4.78 is 0. The van der Waals surface area contributed by atoms with Gasteiger partial charge in [0, 0.05) is 19.0 Å². The van der Waals surface area contributed by atoms with Crippen molar-refractivity contribution < 1.29 is 9.59 Å². The highest BCUT2D eigenvalue weighted by Gasteiger charge is 2.36. The first-order valence-electron chi connectivity index (χ1n) is 6.69. The minimum Gasteiger partial charge on any atom is -0.342 e. The van der Waals surface area contributed by atoms with E-state index in [1.54, 1.807) is 0 Å². The molecule has 1 saturated heterocycles. The predicted molar refractivity (Wildman–Crippen MR) is 67.0 cm³/mol. The molecule has 7 heteroatoms. The number of rotatable bonds is 3. The predicted octanol–water partition coefficient (Wildman–Crippen LogP) is 0.392. The van der Waals surface area contributed by atoms with Gasteiger partial charge in [0.1, 0.15) is 6.33 Å². The van der Waals surface area contributed by atoms with Crippen molar-refractivity contribution >= 4 is 17.8 Å². The van der Waals surface area contributed by atoms with E-state index >= 15 is 0 Å². The monoisotopic (exact) mass is 263 g/mol. The molecule has 3 rings (SSSR count). The van der Waals surface area contributed by atoms with Gasteiger partial charge in [-0.3, -0.25) is 14.9 Å². The van der Waals surface area contributed by atoms with Crippen LogP contribution in [0.25, 0.3) is 0 Å². The Hall–Kier alpha value is -1.92. The third-order valence-electron chi connectivity index (χ3n) is 3.69. The summed E-state index contributed by atoms with van der Waals surface area (Å²) in [6, 6.07) is 0. The molecule has 0 radical (unpaired) electrons. The van der Waals surface area contributed by atoms with Crippen molar-refractivity contribution in [1.29, 1.82) is 0 Å². The van der Waals surface area contributed by atoms with Crippen LogP contribution < -0.4 is 5.32 Å². The summed E-state index contributed by atoms with van der Waals surface area (Å²) in [6.07, 6.45) is 5.05. The number of aromatic amines is 1. The maximum atomic E-state index is 12.1. The first-order valence-corrected chi connectivity index (χ1v) is 6.69. The zero-order chi connectivity index (χ0) is 13.2. The second-order valence-corrected chi connectivity index (χ2v) is 5.22. The van der Waals surface area contributed by atoms with Gasteiger partial charge in [0.2, 0.25) is 17.8 Å². The number of carbonyl (C=O) groups is 2. The van der Waals surface area contributed by atoms with Crippen LogP contribution in [0, 0.1) is 11.8 Å². The van der Waals surface area contributed by atoms with Crippen LogP contribution in [-0.4, -0.2) is 45.0 Å². The van der Waals surface area contributed by atoms with Gasteiger partial charge in [-0.1, -0.05) is 0 Å². The number of piperidine rings is 1. The Labute approximate surface area is 110 Å². The molecule has 0 aromatic carbocycles. The van der Waals surface area contributed by atoms with Gasteiger partial charge in [0.05, 0.1) is 5.92 Å². The largest absolute Gasteiger partial charge is 0.342 e. The lowest BCUT2D eigenvalue weighted by Gasteiger charge is -2.32. The molecule has 1 aromatic rings. The number of H-pyrrole nitrogens is 1. The quantitative estimate of drug-likeness (QED) is 0.825. The maximum Gasteiger partial charge on any atom is 0.231 e. The lowest BCUT2D eigenvalue weighted by atomic mass is 9.97. The van der Waals surface area contributed by atoms with E-state index in [1.807, 2.05) is 4.90 Å². The molecule has 1 saturated carbocycles. The smallest absolute Gasteiger partial charge is 0.231 e. The van der Waals surface area contributed by atoms with E-state index in [2.05, 4.69) is 20.5 Å². The number of hydrogen-bond acceptors (Lipinski definition) is 4. The molecule has 2 N–H and O–H groups in total. The van der Waals surface area contributed by atoms with Crippen molar-refractivity contribution in [3.8, 4) is 0 Å². The normalized spacial score (nSPS) is 23.2. The molecule has 1 aromatic heterocycles. The van der Waals surface area contributed by atoms with E-state index in [-0.39, 0.29) is 23.7 Å². The summed E-state index contributed by atoms with van der Waals surface area (Å²) in [5, 5.41) is 8.97. The fraction of sp³-hybridized carbons (Fsp3) is 0.667. The number of likely N-dealkylation sites (tertiary alicyclic amines) is 1. The van der Waals surface area contributed by atoms with Crippen molar-refractivity contribution in [1.82, 2.24) is 20.1 Å². The van der Waals surface area contributed by atoms with Crippen molar-refractivity contribution in [2.45, 2.75) is 25.7 Å². The van der Waals surface area contributed by atoms with Gasteiger partial charge in [-0.15, -0.1) is 0 Å². The summed E-state index contributed by atoms with van der Waals surface area (Å²) in [5.41, 5.74) is 0. The fourth-order valence-corrected chi connectivity index (χ4v) is 2.46. The molecular weight excluding hydrogens is 246 g/mol. The lowest BCUT2D eigenvalue weighted by molar-refractivity contribution is -0.135. The molecule has 1 aliphatic carbocycles. The van der Waals surface area contributed by atoms with Gasteiger partial charge in [-0.05, 0) is 25.7 Å². The third-order valence-corrected chi connectivity index (χ3v) is 3.69. The third kappa shape index (κ3) is 2.74. The van der Waals surface area contributed by atoms with Crippen molar-refractivity contribution in [3.63, 3.8) is 0 Å². The highest BCUT2D eigenvalue weighted by molar-refractivity contribution is 5.91. The lowest BCUT2D eigenvalue weighted by Crippen LogP contribution is -2.44. The molecule has 19 heavy (non-hydrogen) atoms. The van der Waals surface area contributed by atoms with Crippen molar-refractivity contribution in [2.24, 2.45) is 11.8 Å². The zero-order valence-electron chi connectivity index (χ0n) is 10.6. The molecule has 0 spiro atoms. The molecule has 1 aliphatic heterocycles. The van der Waals surface area contributed by atoms with E-state index in [0.717, 1.165) is 32.2 Å². The molecule has 1 atom stereocenters. The second kappa shape index (κ2) is 4.99. The summed E-state index contributed by atoms with van der Waals surface area (Å²) in [7, 11) is 0. The topological polar surface area (TPSA) is 91.0 Å². The Bertz CT molecular complexity index is 468. The number of hydrogen-bond donors (Lipinski definition) is 2. The second-order valence-electron chi connectivity index (χ2n) is 5.22. The number of anilines is 1. The number of amides is 2. The van der Waals surface area contributed by atoms with Crippen LogP contribution in [0.5, 0.6) is 0 Å². The summed E-state index contributed by atoms with van der Waals surface area (Å²) in [4.78, 5) is 29.8. The number of nitrogens with one attached hydrogen (secondary N) is 2. The van der Waals surface area contributed by atoms with Crippen LogP contribution in [0.2, 0.25) is 0 Å². The molecular formula is C12H17N5O2. The first-order chi connectivity index (χ1) is 9.24. The molecule has 7 nitrogen and oxygen atoms in total. The van der Waals surface area contributed by atoms with Crippen LogP contribution in [0.15, 0.2) is 6.33 Å². The van der Waals surface area contributed by atoms with Crippen LogP contribution in [-0.2, 0) is 9.59 Å². The van der Waals surface area contributed by atoms with E-state index in [4.69, 9.17) is 0 Å². The highest BCUT2D eigenvalue weighted by atomic mass is 16.2. The average molecular weight is 263 g/mol. The van der Waals surface area contributed by atoms with E-state index in [0.29, 0.717) is 12.5 Å². The van der Waals surface area contributed by atoms with Gasteiger partial charge >= 0.3 is 0 Å². The maximum absolute atomic E-state index is 12.1. The minimum atomic E-state index is -0.151. The molecule has 0 bridgehead atoms. The SMILES string of the molecule is O=C(Nc1ncn[nH]1)C1CCCN(C(=O)C2CC2)C1. The van der Waals surface area contributed by atoms with E-state index in [1.165, 1.54) is 6.33 Å².